The fraction of sp³-hybridized carbons (Fsp3) is 0.150. The molecule has 250 valence electrons. The summed E-state index contributed by atoms with van der Waals surface area (Å²) in [6.45, 7) is 7.17. The maximum atomic E-state index is 13.4. The van der Waals surface area contributed by atoms with Gasteiger partial charge in [-0.15, -0.1) is 0 Å². The predicted molar refractivity (Wildman–Crippen MR) is 216 cm³/mol. The molecule has 0 fully saturated rings. The molecule has 0 N–H and O–H groups in total. The summed E-state index contributed by atoms with van der Waals surface area (Å²) in [5, 5.41) is 4.39. The van der Waals surface area contributed by atoms with Crippen LogP contribution in [-0.2, 0) is 9.59 Å². The van der Waals surface area contributed by atoms with E-state index in [9.17, 15) is 9.59 Å². The second kappa shape index (κ2) is 13.3. The Morgan fingerprint density at radius 3 is 1.02 bits per heavy atom. The summed E-state index contributed by atoms with van der Waals surface area (Å²) >= 11 is 14.3. The smallest absolute Gasteiger partial charge is 0.327 e. The number of carbonyl (C=O) groups is 2. The van der Waals surface area contributed by atoms with Crippen molar-refractivity contribution in [2.24, 2.45) is 0 Å². The Balaban J connectivity index is 1.01. The number of benzene rings is 5. The molecule has 5 aromatic carbocycles. The fourth-order valence-electron chi connectivity index (χ4n) is 5.89. The monoisotopic (exact) mass is 732 g/mol. The maximum Gasteiger partial charge on any atom is 0.327 e. The van der Waals surface area contributed by atoms with Crippen LogP contribution in [0.4, 0.5) is 0 Å². The van der Waals surface area contributed by atoms with Gasteiger partial charge in [0.25, 0.3) is 0 Å². The molecule has 0 aliphatic carbocycles. The van der Waals surface area contributed by atoms with E-state index in [0.29, 0.717) is 20.1 Å². The molecule has 0 atom stereocenters. The third-order valence-electron chi connectivity index (χ3n) is 8.44. The van der Waals surface area contributed by atoms with Crippen molar-refractivity contribution in [2.45, 2.75) is 37.2 Å². The lowest BCUT2D eigenvalue weighted by Crippen LogP contribution is -2.34. The second-order valence-electron chi connectivity index (χ2n) is 12.7. The Morgan fingerprint density at radius 1 is 0.480 bits per heavy atom. The molecular weight excluding hydrogens is 701 g/mol. The number of ether oxygens (including phenoxy) is 2. The standard InChI is InChI=1S/C40H32N2O4S4/c1-39(2,49-37(47)41-31-17-9-5-13-27(31)28-14-6-10-18-32(28)41)35(43)45-25-21-23-26(24-22-25)46-36(44)40(3,4)50-38(48)42-33-19-11-7-15-29(33)30-16-8-12-20-34(30)42/h5-24H,1-4H3. The Labute approximate surface area is 308 Å². The zero-order valence-corrected chi connectivity index (χ0v) is 31.0. The van der Waals surface area contributed by atoms with E-state index in [-0.39, 0.29) is 0 Å². The normalized spacial score (nSPS) is 12.1. The minimum absolute atomic E-state index is 0.326. The van der Waals surface area contributed by atoms with Crippen molar-refractivity contribution in [1.82, 2.24) is 9.13 Å². The number of hydrogen-bond donors (Lipinski definition) is 0. The SMILES string of the molecule is CC(C)(SC(=S)n1c2ccccc2c2ccccc21)C(=O)Oc1ccc(OC(=O)C(C)(C)SC(=S)n2c3ccccc3c3ccccc32)cc1. The maximum absolute atomic E-state index is 13.4. The highest BCUT2D eigenvalue weighted by Gasteiger charge is 2.35. The van der Waals surface area contributed by atoms with Crippen LogP contribution in [0.15, 0.2) is 121 Å². The van der Waals surface area contributed by atoms with E-state index in [1.807, 2.05) is 81.9 Å². The van der Waals surface area contributed by atoms with E-state index in [4.69, 9.17) is 33.9 Å². The van der Waals surface area contributed by atoms with Crippen LogP contribution in [0.25, 0.3) is 43.6 Å². The first-order valence-corrected chi connectivity index (χ1v) is 18.4. The molecule has 0 aliphatic heterocycles. The van der Waals surface area contributed by atoms with E-state index >= 15 is 0 Å². The van der Waals surface area contributed by atoms with E-state index < -0.39 is 21.4 Å². The highest BCUT2D eigenvalue weighted by molar-refractivity contribution is 8.24. The largest absolute Gasteiger partial charge is 0.426 e. The predicted octanol–water partition coefficient (Wildman–Crippen LogP) is 10.4. The molecule has 2 heterocycles. The third-order valence-corrected chi connectivity index (χ3v) is 11.4. The van der Waals surface area contributed by atoms with Crippen molar-refractivity contribution in [1.29, 1.82) is 0 Å². The zero-order valence-electron chi connectivity index (χ0n) is 27.7. The number of para-hydroxylation sites is 4. The quantitative estimate of drug-likeness (QED) is 0.0952. The van der Waals surface area contributed by atoms with Crippen molar-refractivity contribution in [3.63, 3.8) is 0 Å². The van der Waals surface area contributed by atoms with Gasteiger partial charge < -0.3 is 9.47 Å². The van der Waals surface area contributed by atoms with E-state index in [2.05, 4.69) is 24.3 Å². The van der Waals surface area contributed by atoms with Crippen LogP contribution in [0.3, 0.4) is 0 Å². The topological polar surface area (TPSA) is 62.5 Å². The number of carbonyl (C=O) groups excluding carboxylic acids is 2. The van der Waals surface area contributed by atoms with Crippen LogP contribution >= 0.6 is 48.0 Å². The van der Waals surface area contributed by atoms with Gasteiger partial charge in [-0.25, -0.2) is 0 Å². The molecule has 0 saturated heterocycles. The van der Waals surface area contributed by atoms with Crippen LogP contribution in [0.5, 0.6) is 11.5 Å². The van der Waals surface area contributed by atoms with Gasteiger partial charge in [0.1, 0.15) is 29.6 Å². The lowest BCUT2D eigenvalue weighted by Gasteiger charge is -2.23. The molecule has 2 aromatic heterocycles. The third kappa shape index (κ3) is 6.33. The van der Waals surface area contributed by atoms with Crippen LogP contribution in [0.2, 0.25) is 0 Å². The molecule has 10 heteroatoms. The van der Waals surface area contributed by atoms with Gasteiger partial charge in [-0.1, -0.05) is 121 Å². The summed E-state index contributed by atoms with van der Waals surface area (Å²) in [7, 11) is 0. The Hall–Kier alpha value is -4.48. The summed E-state index contributed by atoms with van der Waals surface area (Å²) < 4.78 is 14.7. The minimum atomic E-state index is -0.995. The molecule has 0 radical (unpaired) electrons. The van der Waals surface area contributed by atoms with Gasteiger partial charge in [0.2, 0.25) is 0 Å². The number of thioether (sulfide) groups is 2. The minimum Gasteiger partial charge on any atom is -0.426 e. The first-order valence-electron chi connectivity index (χ1n) is 15.9. The van der Waals surface area contributed by atoms with Crippen LogP contribution in [0, 0.1) is 0 Å². The van der Waals surface area contributed by atoms with Gasteiger partial charge in [-0.2, -0.15) is 0 Å². The van der Waals surface area contributed by atoms with Gasteiger partial charge in [0, 0.05) is 21.5 Å². The molecule has 7 aromatic rings. The van der Waals surface area contributed by atoms with Crippen LogP contribution in [0.1, 0.15) is 27.7 Å². The Bertz CT molecular complexity index is 2200. The Morgan fingerprint density at radius 2 is 0.740 bits per heavy atom. The number of rotatable bonds is 6. The van der Waals surface area contributed by atoms with Gasteiger partial charge >= 0.3 is 11.9 Å². The van der Waals surface area contributed by atoms with Crippen molar-refractivity contribution < 1.29 is 19.1 Å². The number of thiocarbonyl (C=S) groups is 2. The lowest BCUT2D eigenvalue weighted by atomic mass is 10.2. The van der Waals surface area contributed by atoms with Crippen LogP contribution < -0.4 is 9.47 Å². The van der Waals surface area contributed by atoms with Crippen molar-refractivity contribution in [3.8, 4) is 11.5 Å². The average Bonchev–Trinajstić information content (AvgIpc) is 3.62. The zero-order chi connectivity index (χ0) is 35.2. The molecular formula is C40H32N2O4S4. The molecule has 0 amide bonds. The number of aromatic nitrogens is 2. The highest BCUT2D eigenvalue weighted by atomic mass is 32.2. The molecule has 0 unspecified atom stereocenters. The molecule has 0 spiro atoms. The lowest BCUT2D eigenvalue weighted by molar-refractivity contribution is -0.137. The molecule has 7 rings (SSSR count). The van der Waals surface area contributed by atoms with Gasteiger partial charge in [0.15, 0.2) is 0 Å². The number of hydrogen-bond acceptors (Lipinski definition) is 8. The summed E-state index contributed by atoms with van der Waals surface area (Å²) in [4.78, 5) is 26.8. The molecule has 0 saturated carbocycles. The first-order chi connectivity index (χ1) is 23.9. The fourth-order valence-corrected chi connectivity index (χ4v) is 9.23. The summed E-state index contributed by atoms with van der Waals surface area (Å²) in [6.07, 6.45) is 0. The second-order valence-corrected chi connectivity index (χ2v) is 17.3. The summed E-state index contributed by atoms with van der Waals surface area (Å²) in [5.41, 5.74) is 3.93. The molecule has 50 heavy (non-hydrogen) atoms. The molecule has 6 nitrogen and oxygen atoms in total. The van der Waals surface area contributed by atoms with Gasteiger partial charge in [-0.05, 0) is 76.2 Å². The number of esters is 2. The van der Waals surface area contributed by atoms with Crippen molar-refractivity contribution in [3.05, 3.63) is 121 Å². The Kier molecular flexibility index (Phi) is 9.07. The van der Waals surface area contributed by atoms with Gasteiger partial charge in [0.05, 0.1) is 22.1 Å². The van der Waals surface area contributed by atoms with E-state index in [0.717, 1.165) is 43.6 Å². The number of fused-ring (bicyclic) bond motifs is 6. The summed E-state index contributed by atoms with van der Waals surface area (Å²) in [5.74, 6) is -0.252. The van der Waals surface area contributed by atoms with Gasteiger partial charge in [-0.3, -0.25) is 18.7 Å². The number of nitrogens with zero attached hydrogens (tertiary/aromatic N) is 2. The first kappa shape index (κ1) is 34.0. The van der Waals surface area contributed by atoms with E-state index in [1.165, 1.54) is 23.5 Å². The highest BCUT2D eigenvalue weighted by Crippen LogP contribution is 2.37. The van der Waals surface area contributed by atoms with E-state index in [1.54, 1.807) is 52.0 Å². The summed E-state index contributed by atoms with van der Waals surface area (Å²) in [6, 6.07) is 38.8. The average molecular weight is 733 g/mol. The van der Waals surface area contributed by atoms with Crippen molar-refractivity contribution in [2.75, 3.05) is 0 Å². The van der Waals surface area contributed by atoms with Crippen LogP contribution in [-0.4, -0.2) is 39.2 Å². The van der Waals surface area contributed by atoms with Crippen molar-refractivity contribution >= 4 is 112 Å². The molecule has 0 bridgehead atoms. The molecule has 0 aliphatic rings.